The zero-order chi connectivity index (χ0) is 14.8. The minimum atomic E-state index is -2.42. The number of nitrogens with two attached hydrogens (primary N) is 1. The summed E-state index contributed by atoms with van der Waals surface area (Å²) in [7, 11) is 0. The molecule has 106 valence electrons. The van der Waals surface area contributed by atoms with E-state index in [4.69, 9.17) is 5.73 Å². The van der Waals surface area contributed by atoms with Crippen molar-refractivity contribution in [3.8, 4) is 11.3 Å². The topological polar surface area (TPSA) is 51.8 Å². The molecule has 0 saturated carbocycles. The summed E-state index contributed by atoms with van der Waals surface area (Å²) >= 11 is 0.519. The van der Waals surface area contributed by atoms with E-state index in [1.165, 1.54) is 0 Å². The number of nitrogens with zero attached hydrogens (tertiary/aromatic N) is 2. The maximum absolute atomic E-state index is 12.3. The number of aromatic nitrogens is 2. The monoisotopic (exact) mass is 303 g/mol. The van der Waals surface area contributed by atoms with Crippen LogP contribution in [0.25, 0.3) is 22.0 Å². The third-order valence-corrected chi connectivity index (χ3v) is 3.79. The number of rotatable bonds is 3. The van der Waals surface area contributed by atoms with Crippen molar-refractivity contribution >= 4 is 28.4 Å². The summed E-state index contributed by atoms with van der Waals surface area (Å²) in [4.78, 5) is 0.515. The fourth-order valence-corrected chi connectivity index (χ4v) is 2.63. The molecule has 2 N–H and O–H groups in total. The zero-order valence-corrected chi connectivity index (χ0v) is 11.6. The molecule has 0 aliphatic rings. The summed E-state index contributed by atoms with van der Waals surface area (Å²) in [6.07, 6.45) is 0. The van der Waals surface area contributed by atoms with Crippen LogP contribution >= 0.6 is 11.8 Å². The van der Waals surface area contributed by atoms with Gasteiger partial charge < -0.3 is 5.73 Å². The molecule has 0 spiro atoms. The van der Waals surface area contributed by atoms with Gasteiger partial charge in [0.05, 0.1) is 0 Å². The molecule has 1 heterocycles. The SMILES string of the molecule is Nc1nnc(-c2ccc(SC(F)F)cc2)c2ccccc12. The van der Waals surface area contributed by atoms with Crippen molar-refractivity contribution < 1.29 is 8.78 Å². The molecule has 0 amide bonds. The van der Waals surface area contributed by atoms with Crippen LogP contribution < -0.4 is 5.73 Å². The minimum Gasteiger partial charge on any atom is -0.382 e. The summed E-state index contributed by atoms with van der Waals surface area (Å²) in [6, 6.07) is 14.4. The molecule has 0 aliphatic carbocycles. The van der Waals surface area contributed by atoms with E-state index < -0.39 is 5.76 Å². The Bertz CT molecular complexity index is 775. The zero-order valence-electron chi connectivity index (χ0n) is 10.8. The Morgan fingerprint density at radius 2 is 1.57 bits per heavy atom. The summed E-state index contributed by atoms with van der Waals surface area (Å²) in [5, 5.41) is 9.81. The van der Waals surface area contributed by atoms with Crippen molar-refractivity contribution in [3.63, 3.8) is 0 Å². The molecule has 3 nitrogen and oxygen atoms in total. The minimum absolute atomic E-state index is 0.374. The highest BCUT2D eigenvalue weighted by Gasteiger charge is 2.10. The van der Waals surface area contributed by atoms with Crippen LogP contribution in [0.15, 0.2) is 53.4 Å². The van der Waals surface area contributed by atoms with Gasteiger partial charge in [0.25, 0.3) is 5.76 Å². The highest BCUT2D eigenvalue weighted by Crippen LogP contribution is 2.31. The summed E-state index contributed by atoms with van der Waals surface area (Å²) in [5.74, 6) is -2.05. The van der Waals surface area contributed by atoms with Crippen LogP contribution in [0.4, 0.5) is 14.6 Å². The van der Waals surface area contributed by atoms with E-state index in [2.05, 4.69) is 10.2 Å². The molecule has 3 rings (SSSR count). The second-order valence-corrected chi connectivity index (χ2v) is 5.45. The van der Waals surface area contributed by atoms with Crippen LogP contribution in [-0.2, 0) is 0 Å². The van der Waals surface area contributed by atoms with E-state index >= 15 is 0 Å². The van der Waals surface area contributed by atoms with Crippen molar-refractivity contribution in [1.82, 2.24) is 10.2 Å². The molecule has 3 aromatic rings. The number of hydrogen-bond donors (Lipinski definition) is 1. The van der Waals surface area contributed by atoms with Gasteiger partial charge in [0.15, 0.2) is 5.82 Å². The van der Waals surface area contributed by atoms with E-state index in [1.54, 1.807) is 24.3 Å². The quantitative estimate of drug-likeness (QED) is 0.737. The normalized spacial score (nSPS) is 11.2. The lowest BCUT2D eigenvalue weighted by molar-refractivity contribution is 0.252. The van der Waals surface area contributed by atoms with Crippen molar-refractivity contribution in [2.45, 2.75) is 10.7 Å². The number of anilines is 1. The number of hydrogen-bond acceptors (Lipinski definition) is 4. The number of nitrogen functional groups attached to an aromatic ring is 1. The largest absolute Gasteiger partial charge is 0.382 e. The molecule has 6 heteroatoms. The summed E-state index contributed by atoms with van der Waals surface area (Å²) in [5.41, 5.74) is 7.33. The fraction of sp³-hybridized carbons (Fsp3) is 0.0667. The molecule has 21 heavy (non-hydrogen) atoms. The second kappa shape index (κ2) is 5.65. The Labute approximate surface area is 124 Å². The number of halogens is 2. The average molecular weight is 303 g/mol. The van der Waals surface area contributed by atoms with Crippen molar-refractivity contribution in [1.29, 1.82) is 0 Å². The number of thioether (sulfide) groups is 1. The van der Waals surface area contributed by atoms with E-state index in [9.17, 15) is 8.78 Å². The molecule has 0 saturated heterocycles. The fourth-order valence-electron chi connectivity index (χ4n) is 2.13. The van der Waals surface area contributed by atoms with Gasteiger partial charge in [-0.15, -0.1) is 10.2 Å². The van der Waals surface area contributed by atoms with Crippen molar-refractivity contribution in [3.05, 3.63) is 48.5 Å². The van der Waals surface area contributed by atoms with Gasteiger partial charge in [-0.05, 0) is 12.1 Å². The van der Waals surface area contributed by atoms with Gasteiger partial charge in [-0.1, -0.05) is 48.2 Å². The summed E-state index contributed by atoms with van der Waals surface area (Å²) in [6.45, 7) is 0. The van der Waals surface area contributed by atoms with Gasteiger partial charge >= 0.3 is 0 Å². The molecule has 0 atom stereocenters. The van der Waals surface area contributed by atoms with Crippen molar-refractivity contribution in [2.75, 3.05) is 5.73 Å². The van der Waals surface area contributed by atoms with Crippen molar-refractivity contribution in [2.24, 2.45) is 0 Å². The highest BCUT2D eigenvalue weighted by molar-refractivity contribution is 7.99. The first kappa shape index (κ1) is 13.8. The lowest BCUT2D eigenvalue weighted by Crippen LogP contribution is -1.97. The first-order valence-electron chi connectivity index (χ1n) is 6.21. The van der Waals surface area contributed by atoms with Crippen LogP contribution in [0.1, 0.15) is 0 Å². The molecule has 0 unspecified atom stereocenters. The van der Waals surface area contributed by atoms with Crippen LogP contribution in [0.3, 0.4) is 0 Å². The number of alkyl halides is 2. The van der Waals surface area contributed by atoms with E-state index in [0.29, 0.717) is 28.2 Å². The molecule has 2 aromatic carbocycles. The van der Waals surface area contributed by atoms with Crippen LogP contribution in [0.5, 0.6) is 0 Å². The second-order valence-electron chi connectivity index (χ2n) is 4.38. The Morgan fingerprint density at radius 3 is 2.24 bits per heavy atom. The smallest absolute Gasteiger partial charge is 0.288 e. The Kier molecular flexibility index (Phi) is 3.70. The van der Waals surface area contributed by atoms with Gasteiger partial charge in [-0.2, -0.15) is 8.78 Å². The average Bonchev–Trinajstić information content (AvgIpc) is 2.48. The van der Waals surface area contributed by atoms with E-state index in [1.807, 2.05) is 24.3 Å². The van der Waals surface area contributed by atoms with Crippen LogP contribution in [0.2, 0.25) is 0 Å². The molecule has 0 fully saturated rings. The maximum Gasteiger partial charge on any atom is 0.288 e. The van der Waals surface area contributed by atoms with Gasteiger partial charge in [0.1, 0.15) is 5.69 Å². The van der Waals surface area contributed by atoms with E-state index in [0.717, 1.165) is 16.3 Å². The van der Waals surface area contributed by atoms with Gasteiger partial charge in [0.2, 0.25) is 0 Å². The molecule has 0 radical (unpaired) electrons. The first-order chi connectivity index (χ1) is 10.1. The molecule has 0 bridgehead atoms. The summed E-state index contributed by atoms with van der Waals surface area (Å²) < 4.78 is 24.6. The van der Waals surface area contributed by atoms with Crippen LogP contribution in [0, 0.1) is 0 Å². The Hall–Kier alpha value is -2.21. The van der Waals surface area contributed by atoms with Gasteiger partial charge in [-0.25, -0.2) is 0 Å². The predicted molar refractivity (Wildman–Crippen MR) is 81.2 cm³/mol. The predicted octanol–water partition coefficient (Wildman–Crippen LogP) is 4.19. The molecular weight excluding hydrogens is 292 g/mol. The third kappa shape index (κ3) is 2.80. The van der Waals surface area contributed by atoms with Gasteiger partial charge in [0, 0.05) is 21.2 Å². The van der Waals surface area contributed by atoms with Gasteiger partial charge in [-0.3, -0.25) is 0 Å². The molecule has 0 aliphatic heterocycles. The highest BCUT2D eigenvalue weighted by atomic mass is 32.2. The Morgan fingerprint density at radius 1 is 0.905 bits per heavy atom. The maximum atomic E-state index is 12.3. The lowest BCUT2D eigenvalue weighted by Gasteiger charge is -2.07. The molecular formula is C15H11F2N3S. The standard InChI is InChI=1S/C15H11F2N3S/c16-15(17)21-10-7-5-9(6-8-10)13-11-3-1-2-4-12(11)14(18)20-19-13/h1-8,15H,(H2,18,20). The van der Waals surface area contributed by atoms with Crippen LogP contribution in [-0.4, -0.2) is 16.0 Å². The molecule has 1 aromatic heterocycles. The lowest BCUT2D eigenvalue weighted by atomic mass is 10.0. The first-order valence-corrected chi connectivity index (χ1v) is 7.09. The number of benzene rings is 2. The van der Waals surface area contributed by atoms with E-state index in [-0.39, 0.29) is 0 Å². The Balaban J connectivity index is 2.06. The number of fused-ring (bicyclic) bond motifs is 1. The third-order valence-electron chi connectivity index (χ3n) is 3.07.